The van der Waals surface area contributed by atoms with Crippen LogP contribution in [0.3, 0.4) is 0 Å². The summed E-state index contributed by atoms with van der Waals surface area (Å²) in [4.78, 5) is 0. The molecule has 1 atom stereocenters. The summed E-state index contributed by atoms with van der Waals surface area (Å²) >= 11 is 0. The molecule has 1 aliphatic rings. The van der Waals surface area contributed by atoms with Gasteiger partial charge in [0.1, 0.15) is 6.17 Å². The van der Waals surface area contributed by atoms with E-state index in [9.17, 15) is 4.39 Å². The van der Waals surface area contributed by atoms with Gasteiger partial charge in [0.25, 0.3) is 0 Å². The van der Waals surface area contributed by atoms with E-state index in [0.29, 0.717) is 6.42 Å². The van der Waals surface area contributed by atoms with Crippen LogP contribution in [0.2, 0.25) is 0 Å². The molecule has 1 N–H and O–H groups in total. The van der Waals surface area contributed by atoms with Gasteiger partial charge in [-0.2, -0.15) is 0 Å². The second kappa shape index (κ2) is 3.54. The molecule has 0 bridgehead atoms. The van der Waals surface area contributed by atoms with Crippen molar-refractivity contribution in [2.45, 2.75) is 26.4 Å². The summed E-state index contributed by atoms with van der Waals surface area (Å²) in [6.45, 7) is 5.58. The predicted octanol–water partition coefficient (Wildman–Crippen LogP) is 1.77. The number of hydrogen-bond acceptors (Lipinski definition) is 1. The minimum Gasteiger partial charge on any atom is -0.316 e. The first kappa shape index (κ1) is 10.2. The molecule has 0 aromatic rings. The van der Waals surface area contributed by atoms with Crippen molar-refractivity contribution in [1.29, 1.82) is 0 Å². The van der Waals surface area contributed by atoms with Gasteiger partial charge in [-0.1, -0.05) is 13.8 Å². The highest BCUT2D eigenvalue weighted by atomic mass is 35.5. The van der Waals surface area contributed by atoms with Crippen molar-refractivity contribution in [3.05, 3.63) is 0 Å². The van der Waals surface area contributed by atoms with E-state index >= 15 is 0 Å². The summed E-state index contributed by atoms with van der Waals surface area (Å²) in [5, 5.41) is 3.17. The van der Waals surface area contributed by atoms with Crippen molar-refractivity contribution in [2.24, 2.45) is 5.41 Å². The molecular formula is C7H15ClFN. The minimum atomic E-state index is -0.612. The molecule has 0 amide bonds. The molecule has 1 heterocycles. The van der Waals surface area contributed by atoms with Crippen LogP contribution in [0.1, 0.15) is 20.3 Å². The summed E-state index contributed by atoms with van der Waals surface area (Å²) in [5.74, 6) is 0. The fourth-order valence-corrected chi connectivity index (χ4v) is 1.14. The Morgan fingerprint density at radius 2 is 2.10 bits per heavy atom. The lowest BCUT2D eigenvalue weighted by Crippen LogP contribution is -2.43. The third-order valence-electron chi connectivity index (χ3n) is 2.00. The van der Waals surface area contributed by atoms with Crippen molar-refractivity contribution in [3.63, 3.8) is 0 Å². The second-order valence-electron chi connectivity index (χ2n) is 3.42. The largest absolute Gasteiger partial charge is 0.316 e. The molecule has 1 fully saturated rings. The quantitative estimate of drug-likeness (QED) is 0.580. The van der Waals surface area contributed by atoms with Crippen LogP contribution in [-0.2, 0) is 0 Å². The minimum absolute atomic E-state index is 0. The molecule has 0 radical (unpaired) electrons. The summed E-state index contributed by atoms with van der Waals surface area (Å²) in [6, 6.07) is 0. The van der Waals surface area contributed by atoms with Crippen LogP contribution in [0.5, 0.6) is 0 Å². The van der Waals surface area contributed by atoms with Gasteiger partial charge < -0.3 is 5.32 Å². The number of hydrogen-bond donors (Lipinski definition) is 1. The molecule has 1 nitrogen and oxygen atoms in total. The Morgan fingerprint density at radius 3 is 2.40 bits per heavy atom. The van der Waals surface area contributed by atoms with Gasteiger partial charge in [-0.25, -0.2) is 4.39 Å². The molecular weight excluding hydrogens is 153 g/mol. The molecule has 0 saturated carbocycles. The van der Waals surface area contributed by atoms with Gasteiger partial charge in [0.15, 0.2) is 0 Å². The third-order valence-corrected chi connectivity index (χ3v) is 2.00. The normalized spacial score (nSPS) is 30.9. The highest BCUT2D eigenvalue weighted by Crippen LogP contribution is 2.27. The Morgan fingerprint density at radius 1 is 1.50 bits per heavy atom. The summed E-state index contributed by atoms with van der Waals surface area (Å²) in [6.07, 6.45) is 0.0613. The van der Waals surface area contributed by atoms with E-state index in [1.165, 1.54) is 0 Å². The van der Waals surface area contributed by atoms with Crippen molar-refractivity contribution >= 4 is 12.4 Å². The molecule has 1 rings (SSSR count). The third kappa shape index (κ3) is 2.10. The van der Waals surface area contributed by atoms with Crippen molar-refractivity contribution in [1.82, 2.24) is 5.32 Å². The fraction of sp³-hybridized carbons (Fsp3) is 1.00. The van der Waals surface area contributed by atoms with Gasteiger partial charge in [0.05, 0.1) is 0 Å². The molecule has 1 aliphatic heterocycles. The average molecular weight is 168 g/mol. The van der Waals surface area contributed by atoms with Gasteiger partial charge >= 0.3 is 0 Å². The zero-order valence-corrected chi connectivity index (χ0v) is 7.30. The number of rotatable bonds is 0. The first-order valence-electron chi connectivity index (χ1n) is 3.48. The van der Waals surface area contributed by atoms with Crippen LogP contribution in [0.4, 0.5) is 4.39 Å². The maximum Gasteiger partial charge on any atom is 0.108 e. The van der Waals surface area contributed by atoms with E-state index in [-0.39, 0.29) is 17.8 Å². The van der Waals surface area contributed by atoms with E-state index < -0.39 is 6.17 Å². The average Bonchev–Trinajstić information content (AvgIpc) is 1.77. The lowest BCUT2D eigenvalue weighted by molar-refractivity contribution is 0.104. The Bertz CT molecular complexity index is 106. The van der Waals surface area contributed by atoms with E-state index in [0.717, 1.165) is 13.1 Å². The fourth-order valence-electron chi connectivity index (χ4n) is 1.14. The van der Waals surface area contributed by atoms with Crippen LogP contribution in [0.15, 0.2) is 0 Å². The molecule has 0 aliphatic carbocycles. The van der Waals surface area contributed by atoms with Gasteiger partial charge in [0, 0.05) is 12.0 Å². The Balaban J connectivity index is 0.000000810. The zero-order valence-electron chi connectivity index (χ0n) is 6.48. The van der Waals surface area contributed by atoms with Gasteiger partial charge in [-0.05, 0) is 13.0 Å². The topological polar surface area (TPSA) is 12.0 Å². The maximum atomic E-state index is 12.9. The number of nitrogens with one attached hydrogen (secondary N) is 1. The molecule has 1 saturated heterocycles. The molecule has 1 unspecified atom stereocenters. The standard InChI is InChI=1S/C7H14FN.ClH/c1-7(2)5-9-4-3-6(7)8;/h6,9H,3-5H2,1-2H3;1H. The summed E-state index contributed by atoms with van der Waals surface area (Å²) in [5.41, 5.74) is -0.141. The monoisotopic (exact) mass is 167 g/mol. The van der Waals surface area contributed by atoms with Gasteiger partial charge in [0.2, 0.25) is 0 Å². The molecule has 0 aromatic heterocycles. The van der Waals surface area contributed by atoms with Crippen LogP contribution >= 0.6 is 12.4 Å². The van der Waals surface area contributed by atoms with E-state index in [2.05, 4.69) is 5.32 Å². The van der Waals surface area contributed by atoms with Crippen molar-refractivity contribution in [2.75, 3.05) is 13.1 Å². The maximum absolute atomic E-state index is 12.9. The number of alkyl halides is 1. The number of halogens is 2. The SMILES string of the molecule is CC1(C)CNCCC1F.Cl. The van der Waals surface area contributed by atoms with Crippen LogP contribution in [0, 0.1) is 5.41 Å². The Hall–Kier alpha value is 0.180. The Kier molecular flexibility index (Phi) is 3.60. The first-order chi connectivity index (χ1) is 4.13. The lowest BCUT2D eigenvalue weighted by Gasteiger charge is -2.33. The predicted molar refractivity (Wildman–Crippen MR) is 43.4 cm³/mol. The first-order valence-corrected chi connectivity index (χ1v) is 3.48. The van der Waals surface area contributed by atoms with E-state index in [1.807, 2.05) is 13.8 Å². The number of piperidine rings is 1. The summed E-state index contributed by atoms with van der Waals surface area (Å²) in [7, 11) is 0. The Labute approximate surface area is 67.8 Å². The highest BCUT2D eigenvalue weighted by molar-refractivity contribution is 5.85. The molecule has 10 heavy (non-hydrogen) atoms. The highest BCUT2D eigenvalue weighted by Gasteiger charge is 2.31. The van der Waals surface area contributed by atoms with Crippen molar-refractivity contribution in [3.8, 4) is 0 Å². The van der Waals surface area contributed by atoms with Crippen molar-refractivity contribution < 1.29 is 4.39 Å². The lowest BCUT2D eigenvalue weighted by atomic mass is 9.83. The smallest absolute Gasteiger partial charge is 0.108 e. The molecule has 62 valence electrons. The van der Waals surface area contributed by atoms with Gasteiger partial charge in [-0.15, -0.1) is 12.4 Å². The van der Waals surface area contributed by atoms with E-state index in [1.54, 1.807) is 0 Å². The molecule has 3 heteroatoms. The zero-order chi connectivity index (χ0) is 6.91. The van der Waals surface area contributed by atoms with Crippen LogP contribution < -0.4 is 5.32 Å². The van der Waals surface area contributed by atoms with Crippen LogP contribution in [0.25, 0.3) is 0 Å². The molecule has 0 spiro atoms. The van der Waals surface area contributed by atoms with Crippen LogP contribution in [-0.4, -0.2) is 19.3 Å². The van der Waals surface area contributed by atoms with Gasteiger partial charge in [-0.3, -0.25) is 0 Å². The second-order valence-corrected chi connectivity index (χ2v) is 3.42. The molecule has 0 aromatic carbocycles. The summed E-state index contributed by atoms with van der Waals surface area (Å²) < 4.78 is 12.9. The van der Waals surface area contributed by atoms with E-state index in [4.69, 9.17) is 0 Å².